The third kappa shape index (κ3) is 15.4. The average Bonchev–Trinajstić information content (AvgIpc) is 3.56. The zero-order valence-electron chi connectivity index (χ0n) is 31.0. The van der Waals surface area contributed by atoms with E-state index in [0.29, 0.717) is 127 Å². The Labute approximate surface area is 311 Å². The van der Waals surface area contributed by atoms with Crippen molar-refractivity contribution in [2.45, 2.75) is 39.8 Å². The minimum Gasteiger partial charge on any atom is -0.394 e. The quantitative estimate of drug-likeness (QED) is 0.0754. The molecule has 2 heterocycles. The van der Waals surface area contributed by atoms with E-state index in [0.717, 1.165) is 0 Å². The van der Waals surface area contributed by atoms with Crippen molar-refractivity contribution in [3.05, 3.63) is 35.1 Å². The zero-order chi connectivity index (χ0) is 37.6. The molecule has 17 heteroatoms. The number of benzene rings is 1. The Morgan fingerprint density at radius 1 is 0.827 bits per heavy atom. The predicted octanol–water partition coefficient (Wildman–Crippen LogP) is 3.71. The lowest BCUT2D eigenvalue weighted by atomic mass is 10.1. The van der Waals surface area contributed by atoms with Gasteiger partial charge in [0.1, 0.15) is 0 Å². The van der Waals surface area contributed by atoms with Crippen LogP contribution in [-0.2, 0) is 33.2 Å². The highest BCUT2D eigenvalue weighted by Crippen LogP contribution is 2.29. The normalized spacial score (nSPS) is 12.2. The third-order valence-electron chi connectivity index (χ3n) is 7.59. The fourth-order valence-electron chi connectivity index (χ4n) is 4.62. The number of imidazole rings is 1. The number of fused-ring (bicyclic) bond motifs is 1. The second-order valence-corrected chi connectivity index (χ2v) is 12.6. The van der Waals surface area contributed by atoms with Gasteiger partial charge >= 0.3 is 0 Å². The van der Waals surface area contributed by atoms with E-state index >= 15 is 0 Å². The first-order chi connectivity index (χ1) is 25.2. The van der Waals surface area contributed by atoms with E-state index in [2.05, 4.69) is 30.9 Å². The van der Waals surface area contributed by atoms with Gasteiger partial charge in [-0.3, -0.25) is 4.79 Å². The summed E-state index contributed by atoms with van der Waals surface area (Å²) < 4.78 is 39.6. The lowest BCUT2D eigenvalue weighted by molar-refractivity contribution is -0.0189. The van der Waals surface area contributed by atoms with Crippen LogP contribution in [0.3, 0.4) is 0 Å². The number of carbonyl (C=O) groups excluding carboxylic acids is 1. The molecule has 0 radical (unpaired) electrons. The molecular weight excluding hydrogens is 698 g/mol. The van der Waals surface area contributed by atoms with Gasteiger partial charge in [-0.05, 0) is 38.0 Å². The number of amides is 1. The molecule has 0 spiro atoms. The largest absolute Gasteiger partial charge is 0.394 e. The maximum absolute atomic E-state index is 12.8. The number of rotatable bonds is 29. The van der Waals surface area contributed by atoms with Gasteiger partial charge in [-0.25, -0.2) is 4.98 Å². The molecule has 292 valence electrons. The highest BCUT2D eigenvalue weighted by molar-refractivity contribution is 6.34. The Morgan fingerprint density at radius 2 is 1.38 bits per heavy atom. The second kappa shape index (κ2) is 24.9. The topological polar surface area (TPSA) is 182 Å². The monoisotopic (exact) mass is 753 g/mol. The number of nitrogens with zero attached hydrogens (tertiary/aromatic N) is 4. The molecule has 3 aromatic rings. The first kappa shape index (κ1) is 43.2. The number of hydrogen-bond acceptors (Lipinski definition) is 14. The van der Waals surface area contributed by atoms with Crippen molar-refractivity contribution in [1.82, 2.24) is 24.8 Å². The third-order valence-corrected chi connectivity index (χ3v) is 7.91. The van der Waals surface area contributed by atoms with Crippen LogP contribution in [-0.4, -0.2) is 143 Å². The molecule has 1 atom stereocenters. The molecule has 0 saturated heterocycles. The van der Waals surface area contributed by atoms with Crippen molar-refractivity contribution < 1.29 is 43.1 Å². The molecule has 52 heavy (non-hydrogen) atoms. The Kier molecular flexibility index (Phi) is 20.7. The van der Waals surface area contributed by atoms with E-state index in [4.69, 9.17) is 44.8 Å². The van der Waals surface area contributed by atoms with Crippen molar-refractivity contribution in [1.29, 1.82) is 0 Å². The van der Waals surface area contributed by atoms with E-state index in [-0.39, 0.29) is 35.5 Å². The van der Waals surface area contributed by atoms with Gasteiger partial charge in [0.15, 0.2) is 17.0 Å². The molecule has 4 N–H and O–H groups in total. The van der Waals surface area contributed by atoms with Crippen LogP contribution in [0.15, 0.2) is 24.5 Å². The molecule has 0 aliphatic heterocycles. The van der Waals surface area contributed by atoms with Gasteiger partial charge in [-0.2, -0.15) is 9.97 Å². The standard InChI is InChI=1S/C35H56ClN7O9/c1-25(2)30(23-44)40-35-41-32(31-33(42-35)43(24-38-31)26(3)4)39-27-6-7-28(29(36)22-27)34(45)37-8-9-47-12-13-49-16-17-51-20-21-52-19-18-50-15-14-48-11-10-46-5/h6-7,22,24-26,30,44H,8-21,23H2,1-5H3,(H,37,45)(H2,39,40,41,42)/t30-/m1/s1. The number of aliphatic hydroxyl groups excluding tert-OH is 1. The van der Waals surface area contributed by atoms with E-state index in [9.17, 15) is 9.90 Å². The van der Waals surface area contributed by atoms with Crippen molar-refractivity contribution >= 4 is 46.1 Å². The smallest absolute Gasteiger partial charge is 0.252 e. The van der Waals surface area contributed by atoms with E-state index < -0.39 is 0 Å². The van der Waals surface area contributed by atoms with Crippen LogP contribution in [0.4, 0.5) is 17.5 Å². The summed E-state index contributed by atoms with van der Waals surface area (Å²) in [6.45, 7) is 14.5. The molecule has 0 unspecified atom stereocenters. The van der Waals surface area contributed by atoms with E-state index in [1.165, 1.54) is 0 Å². The molecule has 3 rings (SSSR count). The van der Waals surface area contributed by atoms with Gasteiger partial charge in [0.05, 0.1) is 115 Å². The molecule has 2 aromatic heterocycles. The van der Waals surface area contributed by atoms with Crippen LogP contribution < -0.4 is 16.0 Å². The van der Waals surface area contributed by atoms with Crippen LogP contribution in [0, 0.1) is 5.92 Å². The van der Waals surface area contributed by atoms with Crippen LogP contribution in [0.5, 0.6) is 0 Å². The Bertz CT molecular complexity index is 1450. The molecule has 0 fully saturated rings. The number of hydrogen-bond donors (Lipinski definition) is 4. The number of anilines is 3. The van der Waals surface area contributed by atoms with Gasteiger partial charge in [0.25, 0.3) is 5.91 Å². The fraction of sp³-hybridized carbons (Fsp3) is 0.657. The summed E-state index contributed by atoms with van der Waals surface area (Å²) in [5.74, 6) is 0.669. The van der Waals surface area contributed by atoms with Crippen LogP contribution >= 0.6 is 11.6 Å². The summed E-state index contributed by atoms with van der Waals surface area (Å²) in [6, 6.07) is 4.94. The van der Waals surface area contributed by atoms with Gasteiger partial charge in [-0.1, -0.05) is 25.4 Å². The van der Waals surface area contributed by atoms with Crippen LogP contribution in [0.2, 0.25) is 5.02 Å². The van der Waals surface area contributed by atoms with Crippen LogP contribution in [0.25, 0.3) is 11.2 Å². The number of nitrogens with one attached hydrogen (secondary N) is 3. The minimum absolute atomic E-state index is 0.0648. The molecule has 16 nitrogen and oxygen atoms in total. The van der Waals surface area contributed by atoms with Crippen molar-refractivity contribution in [3.63, 3.8) is 0 Å². The van der Waals surface area contributed by atoms with Gasteiger partial charge in [-0.15, -0.1) is 0 Å². The summed E-state index contributed by atoms with van der Waals surface area (Å²) in [6.07, 6.45) is 1.72. The fourth-order valence-corrected chi connectivity index (χ4v) is 4.89. The number of aliphatic hydroxyl groups is 1. The molecule has 1 amide bonds. The summed E-state index contributed by atoms with van der Waals surface area (Å²) in [4.78, 5) is 26.7. The lowest BCUT2D eigenvalue weighted by Crippen LogP contribution is -2.30. The highest BCUT2D eigenvalue weighted by Gasteiger charge is 2.19. The second-order valence-electron chi connectivity index (χ2n) is 12.2. The number of carbonyl (C=O) groups is 1. The molecular formula is C35H56ClN7O9. The molecule has 1 aromatic carbocycles. The molecule has 0 aliphatic rings. The summed E-state index contributed by atoms with van der Waals surface area (Å²) in [5.41, 5.74) is 2.17. The maximum Gasteiger partial charge on any atom is 0.252 e. The van der Waals surface area contributed by atoms with E-state index in [1.807, 2.05) is 32.3 Å². The van der Waals surface area contributed by atoms with E-state index in [1.54, 1.807) is 31.6 Å². The Morgan fingerprint density at radius 3 is 1.88 bits per heavy atom. The predicted molar refractivity (Wildman–Crippen MR) is 199 cm³/mol. The molecule has 0 bridgehead atoms. The number of ether oxygens (including phenoxy) is 7. The van der Waals surface area contributed by atoms with Crippen molar-refractivity contribution in [3.8, 4) is 0 Å². The van der Waals surface area contributed by atoms with Crippen LogP contribution in [0.1, 0.15) is 44.1 Å². The Balaban J connectivity index is 1.31. The molecule has 0 aliphatic carbocycles. The van der Waals surface area contributed by atoms with Crippen molar-refractivity contribution in [2.75, 3.05) is 117 Å². The SMILES string of the molecule is COCCOCCOCCOCCOCCOCCOCCNC(=O)c1ccc(Nc2nc(N[C@H](CO)C(C)C)nc3c2ncn3C(C)C)cc1Cl. The molecule has 0 saturated carbocycles. The number of halogens is 1. The maximum atomic E-state index is 12.8. The summed E-state index contributed by atoms with van der Waals surface area (Å²) in [7, 11) is 1.64. The van der Waals surface area contributed by atoms with Gasteiger partial charge in [0.2, 0.25) is 5.95 Å². The first-order valence-corrected chi connectivity index (χ1v) is 18.0. The summed E-state index contributed by atoms with van der Waals surface area (Å²) >= 11 is 6.54. The van der Waals surface area contributed by atoms with Gasteiger partial charge in [0, 0.05) is 25.4 Å². The average molecular weight is 754 g/mol. The Hall–Kier alpha value is -3.19. The van der Waals surface area contributed by atoms with Gasteiger partial charge < -0.3 is 58.8 Å². The number of aromatic nitrogens is 4. The number of methoxy groups -OCH3 is 1. The first-order valence-electron chi connectivity index (χ1n) is 17.7. The lowest BCUT2D eigenvalue weighted by Gasteiger charge is -2.20. The summed E-state index contributed by atoms with van der Waals surface area (Å²) in [5, 5.41) is 19.4. The minimum atomic E-state index is -0.316. The van der Waals surface area contributed by atoms with Crippen molar-refractivity contribution in [2.24, 2.45) is 5.92 Å². The highest BCUT2D eigenvalue weighted by atomic mass is 35.5. The zero-order valence-corrected chi connectivity index (χ0v) is 31.8.